The van der Waals surface area contributed by atoms with Gasteiger partial charge in [-0.1, -0.05) is 61.9 Å². The fourth-order valence-corrected chi connectivity index (χ4v) is 3.28. The van der Waals surface area contributed by atoms with Crippen molar-refractivity contribution in [3.8, 4) is 11.1 Å². The Morgan fingerprint density at radius 2 is 1.77 bits per heavy atom. The molecule has 114 valence electrons. The smallest absolute Gasteiger partial charge is 0.405 e. The van der Waals surface area contributed by atoms with Crippen LogP contribution in [-0.4, -0.2) is 6.09 Å². The molecule has 0 radical (unpaired) electrons. The molecule has 2 aromatic carbocycles. The number of amides is 1. The third-order valence-electron chi connectivity index (χ3n) is 4.40. The van der Waals surface area contributed by atoms with Crippen molar-refractivity contribution in [2.24, 2.45) is 11.1 Å². The number of hydrogen-bond donors (Lipinski definition) is 1. The van der Waals surface area contributed by atoms with Crippen LogP contribution in [-0.2, 0) is 11.2 Å². The Morgan fingerprint density at radius 3 is 2.41 bits per heavy atom. The Hall–Kier alpha value is -2.29. The average Bonchev–Trinajstić information content (AvgIpc) is 2.69. The molecule has 1 aliphatic carbocycles. The first kappa shape index (κ1) is 14.6. The summed E-state index contributed by atoms with van der Waals surface area (Å²) < 4.78 is 5.35. The molecule has 0 saturated heterocycles. The molecule has 1 aliphatic rings. The summed E-state index contributed by atoms with van der Waals surface area (Å²) in [6, 6.07) is 14.8. The van der Waals surface area contributed by atoms with E-state index in [-0.39, 0.29) is 11.5 Å². The lowest BCUT2D eigenvalue weighted by molar-refractivity contribution is 0.0392. The molecule has 2 N–H and O–H groups in total. The molecule has 0 saturated carbocycles. The van der Waals surface area contributed by atoms with Crippen LogP contribution >= 0.6 is 0 Å². The Morgan fingerprint density at radius 1 is 1.14 bits per heavy atom. The number of rotatable bonds is 2. The first-order valence-electron chi connectivity index (χ1n) is 7.53. The van der Waals surface area contributed by atoms with Gasteiger partial charge in [-0.2, -0.15) is 0 Å². The second-order valence-electron chi connectivity index (χ2n) is 6.76. The van der Waals surface area contributed by atoms with Gasteiger partial charge >= 0.3 is 6.09 Å². The van der Waals surface area contributed by atoms with E-state index in [1.54, 1.807) is 0 Å². The fourth-order valence-electron chi connectivity index (χ4n) is 3.28. The standard InChI is InChI=1S/C19H21NO2/c1-12-4-6-13(7-5-12)14-8-9-16-15(10-14)11-19(2,3)17(16)22-18(20)21/h4-10,17H,11H2,1-3H3,(H2,20,21). The van der Waals surface area contributed by atoms with E-state index in [1.165, 1.54) is 22.3 Å². The van der Waals surface area contributed by atoms with E-state index in [1.807, 2.05) is 0 Å². The third-order valence-corrected chi connectivity index (χ3v) is 4.40. The van der Waals surface area contributed by atoms with Gasteiger partial charge in [-0.15, -0.1) is 0 Å². The predicted molar refractivity (Wildman–Crippen MR) is 87.5 cm³/mol. The second kappa shape index (κ2) is 5.16. The number of carbonyl (C=O) groups excluding carboxylic acids is 1. The van der Waals surface area contributed by atoms with Crippen LogP contribution in [0, 0.1) is 12.3 Å². The Kier molecular flexibility index (Phi) is 3.44. The Bertz CT molecular complexity index is 717. The SMILES string of the molecule is Cc1ccc(-c2ccc3c(c2)CC(C)(C)C3OC(N)=O)cc1. The molecule has 1 atom stereocenters. The van der Waals surface area contributed by atoms with Gasteiger partial charge in [-0.3, -0.25) is 0 Å². The van der Waals surface area contributed by atoms with Crippen molar-refractivity contribution in [2.75, 3.05) is 0 Å². The van der Waals surface area contributed by atoms with Gasteiger partial charge < -0.3 is 10.5 Å². The number of aryl methyl sites for hydroxylation is 1. The highest BCUT2D eigenvalue weighted by atomic mass is 16.6. The molecule has 1 unspecified atom stereocenters. The van der Waals surface area contributed by atoms with Crippen LogP contribution in [0.1, 0.15) is 36.6 Å². The minimum Gasteiger partial charge on any atom is -0.441 e. The summed E-state index contributed by atoms with van der Waals surface area (Å²) >= 11 is 0. The van der Waals surface area contributed by atoms with Crippen molar-refractivity contribution >= 4 is 6.09 Å². The van der Waals surface area contributed by atoms with Crippen LogP contribution in [0.15, 0.2) is 42.5 Å². The predicted octanol–water partition coefficient (Wildman–Crippen LogP) is 4.38. The summed E-state index contributed by atoms with van der Waals surface area (Å²) in [5.74, 6) is 0. The zero-order valence-corrected chi connectivity index (χ0v) is 13.2. The molecule has 0 fully saturated rings. The van der Waals surface area contributed by atoms with Gasteiger partial charge in [-0.05, 0) is 35.6 Å². The van der Waals surface area contributed by atoms with Crippen molar-refractivity contribution < 1.29 is 9.53 Å². The number of ether oxygens (including phenoxy) is 1. The van der Waals surface area contributed by atoms with E-state index >= 15 is 0 Å². The second-order valence-corrected chi connectivity index (χ2v) is 6.76. The number of hydrogen-bond acceptors (Lipinski definition) is 2. The molecular formula is C19H21NO2. The minimum absolute atomic E-state index is 0.136. The fraction of sp³-hybridized carbons (Fsp3) is 0.316. The number of carbonyl (C=O) groups is 1. The van der Waals surface area contributed by atoms with E-state index in [9.17, 15) is 4.79 Å². The number of benzene rings is 2. The van der Waals surface area contributed by atoms with Gasteiger partial charge in [0, 0.05) is 5.41 Å². The van der Waals surface area contributed by atoms with E-state index in [2.05, 4.69) is 63.2 Å². The first-order chi connectivity index (χ1) is 10.4. The van der Waals surface area contributed by atoms with Crippen LogP contribution < -0.4 is 5.73 Å². The maximum absolute atomic E-state index is 11.2. The molecule has 3 heteroatoms. The highest BCUT2D eigenvalue weighted by Crippen LogP contribution is 2.48. The van der Waals surface area contributed by atoms with E-state index in [0.29, 0.717) is 0 Å². The van der Waals surface area contributed by atoms with Crippen molar-refractivity contribution in [3.63, 3.8) is 0 Å². The van der Waals surface area contributed by atoms with Crippen LogP contribution in [0.25, 0.3) is 11.1 Å². The molecule has 0 spiro atoms. The normalized spacial score (nSPS) is 18.8. The monoisotopic (exact) mass is 295 g/mol. The van der Waals surface area contributed by atoms with Crippen LogP contribution in [0.4, 0.5) is 4.79 Å². The Balaban J connectivity index is 1.99. The van der Waals surface area contributed by atoms with Gasteiger partial charge in [0.15, 0.2) is 0 Å². The maximum Gasteiger partial charge on any atom is 0.405 e. The zero-order valence-electron chi connectivity index (χ0n) is 13.2. The summed E-state index contributed by atoms with van der Waals surface area (Å²) in [6.45, 7) is 6.29. The molecule has 0 bridgehead atoms. The lowest BCUT2D eigenvalue weighted by Crippen LogP contribution is -2.25. The van der Waals surface area contributed by atoms with Crippen LogP contribution in [0.3, 0.4) is 0 Å². The number of fused-ring (bicyclic) bond motifs is 1. The topological polar surface area (TPSA) is 52.3 Å². The molecule has 22 heavy (non-hydrogen) atoms. The number of nitrogens with two attached hydrogens (primary N) is 1. The summed E-state index contributed by atoms with van der Waals surface area (Å²) in [6.07, 6.45) is -0.111. The summed E-state index contributed by atoms with van der Waals surface area (Å²) in [4.78, 5) is 11.2. The lowest BCUT2D eigenvalue weighted by Gasteiger charge is -2.26. The zero-order chi connectivity index (χ0) is 15.9. The third kappa shape index (κ3) is 2.59. The molecule has 2 aromatic rings. The van der Waals surface area contributed by atoms with Gasteiger partial charge in [0.2, 0.25) is 0 Å². The molecule has 3 nitrogen and oxygen atoms in total. The quantitative estimate of drug-likeness (QED) is 0.893. The van der Waals surface area contributed by atoms with Gasteiger partial charge in [0.1, 0.15) is 6.10 Å². The minimum atomic E-state index is -0.714. The average molecular weight is 295 g/mol. The van der Waals surface area contributed by atoms with Crippen LogP contribution in [0.5, 0.6) is 0 Å². The van der Waals surface area contributed by atoms with E-state index < -0.39 is 6.09 Å². The Labute approximate surface area is 131 Å². The van der Waals surface area contributed by atoms with Gasteiger partial charge in [0.25, 0.3) is 0 Å². The molecule has 1 amide bonds. The molecule has 0 aromatic heterocycles. The van der Waals surface area contributed by atoms with Gasteiger partial charge in [-0.25, -0.2) is 4.79 Å². The summed E-state index contributed by atoms with van der Waals surface area (Å²) in [5.41, 5.74) is 11.0. The highest BCUT2D eigenvalue weighted by molar-refractivity contribution is 5.68. The van der Waals surface area contributed by atoms with E-state index in [4.69, 9.17) is 10.5 Å². The molecular weight excluding hydrogens is 274 g/mol. The summed E-state index contributed by atoms with van der Waals surface area (Å²) in [7, 11) is 0. The number of primary amides is 1. The first-order valence-corrected chi connectivity index (χ1v) is 7.53. The largest absolute Gasteiger partial charge is 0.441 e. The highest BCUT2D eigenvalue weighted by Gasteiger charge is 2.41. The van der Waals surface area contributed by atoms with Crippen molar-refractivity contribution in [3.05, 3.63) is 59.2 Å². The maximum atomic E-state index is 11.2. The van der Waals surface area contributed by atoms with Crippen molar-refractivity contribution in [2.45, 2.75) is 33.3 Å². The van der Waals surface area contributed by atoms with Crippen molar-refractivity contribution in [1.29, 1.82) is 0 Å². The van der Waals surface area contributed by atoms with Crippen LogP contribution in [0.2, 0.25) is 0 Å². The molecule has 0 heterocycles. The van der Waals surface area contributed by atoms with E-state index in [0.717, 1.165) is 12.0 Å². The molecule has 3 rings (SSSR count). The lowest BCUT2D eigenvalue weighted by atomic mass is 9.87. The molecule has 0 aliphatic heterocycles. The van der Waals surface area contributed by atoms with Gasteiger partial charge in [0.05, 0.1) is 0 Å². The summed E-state index contributed by atoms with van der Waals surface area (Å²) in [5, 5.41) is 0. The van der Waals surface area contributed by atoms with Crippen molar-refractivity contribution in [1.82, 2.24) is 0 Å².